The average molecular weight is 258 g/mol. The lowest BCUT2D eigenvalue weighted by Gasteiger charge is -2.03. The molecule has 0 saturated carbocycles. The molecule has 0 spiro atoms. The van der Waals surface area contributed by atoms with Crippen LogP contribution in [-0.2, 0) is 6.42 Å². The highest BCUT2D eigenvalue weighted by Crippen LogP contribution is 2.25. The van der Waals surface area contributed by atoms with Crippen LogP contribution in [0.4, 0.5) is 18.3 Å². The van der Waals surface area contributed by atoms with E-state index in [4.69, 9.17) is 5.73 Å². The number of halogens is 3. The molecule has 0 aliphatic heterocycles. The summed E-state index contributed by atoms with van der Waals surface area (Å²) in [6.07, 6.45) is 0.0845. The van der Waals surface area contributed by atoms with Gasteiger partial charge in [0.05, 0.1) is 5.69 Å². The van der Waals surface area contributed by atoms with Gasteiger partial charge in [-0.2, -0.15) is 0 Å². The molecule has 0 aliphatic carbocycles. The van der Waals surface area contributed by atoms with Gasteiger partial charge in [0.1, 0.15) is 5.82 Å². The predicted molar refractivity (Wildman–Crippen MR) is 60.4 cm³/mol. The Kier molecular flexibility index (Phi) is 3.06. The maximum atomic E-state index is 13.4. The maximum Gasteiger partial charge on any atom is 0.180 e. The van der Waals surface area contributed by atoms with Crippen LogP contribution in [-0.4, -0.2) is 4.98 Å². The standard InChI is InChI=1S/C11H9F3N2S/c1-5-9(17-11(15)16-5)3-6-2-7(12)4-8(13)10(6)14/h2,4H,3H2,1H3,(H2,15,16). The lowest BCUT2D eigenvalue weighted by atomic mass is 10.1. The van der Waals surface area contributed by atoms with E-state index < -0.39 is 17.5 Å². The Labute approximate surface area is 99.9 Å². The van der Waals surface area contributed by atoms with Gasteiger partial charge in [0.25, 0.3) is 0 Å². The van der Waals surface area contributed by atoms with Gasteiger partial charge in [-0.3, -0.25) is 0 Å². The summed E-state index contributed by atoms with van der Waals surface area (Å²) in [6, 6.07) is 1.50. The monoisotopic (exact) mass is 258 g/mol. The number of aromatic nitrogens is 1. The van der Waals surface area contributed by atoms with Crippen LogP contribution < -0.4 is 5.73 Å². The summed E-state index contributed by atoms with van der Waals surface area (Å²) in [5, 5.41) is 0.356. The molecule has 1 heterocycles. The van der Waals surface area contributed by atoms with Crippen LogP contribution in [0.2, 0.25) is 0 Å². The molecular formula is C11H9F3N2S. The van der Waals surface area contributed by atoms with Crippen molar-refractivity contribution in [2.45, 2.75) is 13.3 Å². The summed E-state index contributed by atoms with van der Waals surface area (Å²) in [5.41, 5.74) is 6.11. The lowest BCUT2D eigenvalue weighted by molar-refractivity contribution is 0.487. The fourth-order valence-electron chi connectivity index (χ4n) is 1.53. The Balaban J connectivity index is 2.39. The van der Waals surface area contributed by atoms with Gasteiger partial charge in [0, 0.05) is 17.4 Å². The van der Waals surface area contributed by atoms with E-state index in [-0.39, 0.29) is 12.0 Å². The van der Waals surface area contributed by atoms with Crippen molar-refractivity contribution >= 4 is 16.5 Å². The van der Waals surface area contributed by atoms with Crippen molar-refractivity contribution in [2.75, 3.05) is 5.73 Å². The van der Waals surface area contributed by atoms with E-state index in [0.717, 1.165) is 6.07 Å². The smallest absolute Gasteiger partial charge is 0.180 e. The van der Waals surface area contributed by atoms with Crippen LogP contribution >= 0.6 is 11.3 Å². The fraction of sp³-hybridized carbons (Fsp3) is 0.182. The van der Waals surface area contributed by atoms with E-state index in [1.807, 2.05) is 0 Å². The molecule has 90 valence electrons. The van der Waals surface area contributed by atoms with Crippen LogP contribution in [0.5, 0.6) is 0 Å². The zero-order valence-electron chi connectivity index (χ0n) is 8.93. The topological polar surface area (TPSA) is 38.9 Å². The summed E-state index contributed by atoms with van der Waals surface area (Å²) < 4.78 is 39.4. The van der Waals surface area contributed by atoms with Gasteiger partial charge in [0.15, 0.2) is 16.8 Å². The minimum atomic E-state index is -1.19. The van der Waals surface area contributed by atoms with Gasteiger partial charge in [-0.1, -0.05) is 0 Å². The Morgan fingerprint density at radius 3 is 2.59 bits per heavy atom. The molecule has 0 unspecified atom stereocenters. The minimum absolute atomic E-state index is 0.0331. The first-order valence-electron chi connectivity index (χ1n) is 4.82. The van der Waals surface area contributed by atoms with Gasteiger partial charge in [-0.25, -0.2) is 18.2 Å². The molecular weight excluding hydrogens is 249 g/mol. The first-order chi connectivity index (χ1) is 7.97. The average Bonchev–Trinajstić information content (AvgIpc) is 2.53. The molecule has 0 saturated heterocycles. The fourth-order valence-corrected chi connectivity index (χ4v) is 2.38. The summed E-state index contributed by atoms with van der Waals surface area (Å²) >= 11 is 1.18. The van der Waals surface area contributed by atoms with E-state index in [9.17, 15) is 13.2 Å². The molecule has 2 N–H and O–H groups in total. The second-order valence-electron chi connectivity index (χ2n) is 3.60. The SMILES string of the molecule is Cc1nc(N)sc1Cc1cc(F)cc(F)c1F. The Morgan fingerprint density at radius 2 is 2.00 bits per heavy atom. The highest BCUT2D eigenvalue weighted by Gasteiger charge is 2.14. The molecule has 17 heavy (non-hydrogen) atoms. The minimum Gasteiger partial charge on any atom is -0.375 e. The summed E-state index contributed by atoms with van der Waals surface area (Å²) in [5.74, 6) is -3.01. The third-order valence-corrected chi connectivity index (χ3v) is 3.32. The highest BCUT2D eigenvalue weighted by atomic mass is 32.1. The summed E-state index contributed by atoms with van der Waals surface area (Å²) in [6.45, 7) is 1.72. The molecule has 0 fully saturated rings. The van der Waals surface area contributed by atoms with E-state index in [1.165, 1.54) is 11.3 Å². The Bertz CT molecular complexity index is 566. The van der Waals surface area contributed by atoms with E-state index in [1.54, 1.807) is 6.92 Å². The molecule has 1 aromatic carbocycles. The van der Waals surface area contributed by atoms with Gasteiger partial charge >= 0.3 is 0 Å². The summed E-state index contributed by atoms with van der Waals surface area (Å²) in [7, 11) is 0. The van der Waals surface area contributed by atoms with Crippen molar-refractivity contribution in [1.29, 1.82) is 0 Å². The number of anilines is 1. The molecule has 2 rings (SSSR count). The number of nitrogen functional groups attached to an aromatic ring is 1. The van der Waals surface area contributed by atoms with Gasteiger partial charge < -0.3 is 5.73 Å². The largest absolute Gasteiger partial charge is 0.375 e. The van der Waals surface area contributed by atoms with Crippen LogP contribution in [0.1, 0.15) is 16.1 Å². The van der Waals surface area contributed by atoms with Crippen molar-refractivity contribution < 1.29 is 13.2 Å². The van der Waals surface area contributed by atoms with Crippen LogP contribution in [0.3, 0.4) is 0 Å². The zero-order valence-corrected chi connectivity index (χ0v) is 9.75. The van der Waals surface area contributed by atoms with Crippen molar-refractivity contribution in [3.63, 3.8) is 0 Å². The van der Waals surface area contributed by atoms with Crippen LogP contribution in [0.15, 0.2) is 12.1 Å². The lowest BCUT2D eigenvalue weighted by Crippen LogP contribution is -1.97. The van der Waals surface area contributed by atoms with Crippen molar-refractivity contribution in [1.82, 2.24) is 4.98 Å². The second-order valence-corrected chi connectivity index (χ2v) is 4.71. The number of nitrogens with zero attached hydrogens (tertiary/aromatic N) is 1. The molecule has 0 bridgehead atoms. The van der Waals surface area contributed by atoms with Crippen LogP contribution in [0, 0.1) is 24.4 Å². The van der Waals surface area contributed by atoms with Gasteiger partial charge in [0.2, 0.25) is 0 Å². The van der Waals surface area contributed by atoms with E-state index >= 15 is 0 Å². The quantitative estimate of drug-likeness (QED) is 0.841. The normalized spacial score (nSPS) is 10.8. The van der Waals surface area contributed by atoms with Crippen molar-refractivity contribution in [3.05, 3.63) is 45.7 Å². The first-order valence-corrected chi connectivity index (χ1v) is 5.64. The van der Waals surface area contributed by atoms with Crippen LogP contribution in [0.25, 0.3) is 0 Å². The third-order valence-electron chi connectivity index (χ3n) is 2.33. The highest BCUT2D eigenvalue weighted by molar-refractivity contribution is 7.15. The molecule has 6 heteroatoms. The number of hydrogen-bond acceptors (Lipinski definition) is 3. The zero-order chi connectivity index (χ0) is 12.6. The predicted octanol–water partition coefficient (Wildman–Crippen LogP) is 3.04. The Hall–Kier alpha value is -1.56. The van der Waals surface area contributed by atoms with Gasteiger partial charge in [-0.05, 0) is 18.6 Å². The number of hydrogen-bond donors (Lipinski definition) is 1. The molecule has 0 atom stereocenters. The molecule has 1 aromatic heterocycles. The number of thiazole rings is 1. The van der Waals surface area contributed by atoms with Gasteiger partial charge in [-0.15, -0.1) is 11.3 Å². The molecule has 0 radical (unpaired) electrons. The number of nitrogens with two attached hydrogens (primary N) is 1. The Morgan fingerprint density at radius 1 is 1.29 bits per heavy atom. The molecule has 2 aromatic rings. The second kappa shape index (κ2) is 4.37. The maximum absolute atomic E-state index is 13.4. The molecule has 0 aliphatic rings. The van der Waals surface area contributed by atoms with Crippen molar-refractivity contribution in [3.8, 4) is 0 Å². The number of benzene rings is 1. The first kappa shape index (κ1) is 11.9. The third kappa shape index (κ3) is 2.41. The van der Waals surface area contributed by atoms with Crippen molar-refractivity contribution in [2.24, 2.45) is 0 Å². The van der Waals surface area contributed by atoms with E-state index in [2.05, 4.69) is 4.98 Å². The van der Waals surface area contributed by atoms with E-state index in [0.29, 0.717) is 21.8 Å². The molecule has 0 amide bonds. The summed E-state index contributed by atoms with van der Waals surface area (Å²) in [4.78, 5) is 4.67. The number of aryl methyl sites for hydroxylation is 1. The molecule has 2 nitrogen and oxygen atoms in total. The number of rotatable bonds is 2.